The fourth-order valence-electron chi connectivity index (χ4n) is 4.86. The average Bonchev–Trinajstić information content (AvgIpc) is 3.48. The number of hydrogen-bond acceptors (Lipinski definition) is 8. The lowest BCUT2D eigenvalue weighted by Gasteiger charge is -2.32. The van der Waals surface area contributed by atoms with Gasteiger partial charge in [0.05, 0.1) is 35.6 Å². The minimum Gasteiger partial charge on any atom is -0.466 e. The fourth-order valence-corrected chi connectivity index (χ4v) is 6.13. The molecular weight excluding hydrogens is 482 g/mol. The summed E-state index contributed by atoms with van der Waals surface area (Å²) in [7, 11) is 0. The summed E-state index contributed by atoms with van der Waals surface area (Å²) in [5.74, 6) is 0.559. The van der Waals surface area contributed by atoms with Gasteiger partial charge in [-0.3, -0.25) is 14.5 Å². The van der Waals surface area contributed by atoms with E-state index in [0.717, 1.165) is 54.6 Å². The molecule has 1 atom stereocenters. The molecule has 184 valence electrons. The number of anilines is 1. The van der Waals surface area contributed by atoms with E-state index < -0.39 is 0 Å². The van der Waals surface area contributed by atoms with Gasteiger partial charge < -0.3 is 14.4 Å². The summed E-state index contributed by atoms with van der Waals surface area (Å²) in [5, 5.41) is 1.01. The molecule has 0 aliphatic carbocycles. The van der Waals surface area contributed by atoms with Crippen LogP contribution in [0.15, 0.2) is 35.2 Å². The Morgan fingerprint density at radius 2 is 2.09 bits per heavy atom. The summed E-state index contributed by atoms with van der Waals surface area (Å²) in [4.78, 5) is 34.9. The molecule has 1 aromatic carbocycles. The van der Waals surface area contributed by atoms with Crippen molar-refractivity contribution in [3.8, 4) is 0 Å². The zero-order valence-corrected chi connectivity index (χ0v) is 21.4. The van der Waals surface area contributed by atoms with E-state index in [4.69, 9.17) is 26.7 Å². The number of rotatable bonds is 6. The molecule has 1 amide bonds. The number of para-hydroxylation sites is 1. The molecule has 0 spiro atoms. The van der Waals surface area contributed by atoms with E-state index in [1.807, 2.05) is 37.3 Å². The van der Waals surface area contributed by atoms with Crippen LogP contribution in [0.2, 0.25) is 0 Å². The van der Waals surface area contributed by atoms with Crippen LogP contribution in [0.3, 0.4) is 0 Å². The Kier molecular flexibility index (Phi) is 7.36. The van der Waals surface area contributed by atoms with Gasteiger partial charge in [-0.05, 0) is 50.8 Å². The van der Waals surface area contributed by atoms with E-state index in [1.165, 1.54) is 11.8 Å². The third-order valence-electron chi connectivity index (χ3n) is 6.72. The smallest absolute Gasteiger partial charge is 0.309 e. The van der Waals surface area contributed by atoms with Crippen LogP contribution in [0.25, 0.3) is 17.0 Å². The number of amides is 1. The minimum atomic E-state index is -0.117. The lowest BCUT2D eigenvalue weighted by molar-refractivity contribution is -0.148. The number of nitrogens with zero attached hydrogens (tertiary/aromatic N) is 3. The van der Waals surface area contributed by atoms with Gasteiger partial charge in [-0.1, -0.05) is 42.2 Å². The Hall–Kier alpha value is -2.49. The molecule has 3 aliphatic rings. The first kappa shape index (κ1) is 24.2. The Labute approximate surface area is 214 Å². The molecule has 3 fully saturated rings. The number of ether oxygens (including phenoxy) is 2. The number of carbonyl (C=O) groups is 2. The monoisotopic (exact) mass is 511 g/mol. The number of thioether (sulfide) groups is 1. The Morgan fingerprint density at radius 3 is 2.83 bits per heavy atom. The second-order valence-electron chi connectivity index (χ2n) is 9.03. The maximum absolute atomic E-state index is 13.2. The van der Waals surface area contributed by atoms with Crippen LogP contribution in [-0.4, -0.2) is 65.0 Å². The summed E-state index contributed by atoms with van der Waals surface area (Å²) in [5.41, 5.74) is 1.79. The van der Waals surface area contributed by atoms with Gasteiger partial charge >= 0.3 is 5.97 Å². The highest BCUT2D eigenvalue weighted by Crippen LogP contribution is 2.36. The number of esters is 1. The molecule has 7 nitrogen and oxygen atoms in total. The maximum atomic E-state index is 13.2. The Balaban J connectivity index is 1.42. The van der Waals surface area contributed by atoms with Crippen LogP contribution < -0.4 is 4.90 Å². The molecular formula is C26H29N3O4S2. The van der Waals surface area contributed by atoms with Gasteiger partial charge in [0.15, 0.2) is 0 Å². The van der Waals surface area contributed by atoms with Crippen LogP contribution in [0, 0.1) is 5.92 Å². The van der Waals surface area contributed by atoms with Crippen LogP contribution in [0.4, 0.5) is 5.82 Å². The number of benzene rings is 1. The zero-order chi connectivity index (χ0) is 24.4. The first-order chi connectivity index (χ1) is 17.0. The standard InChI is InChI=1S/C26H29N3O4S2/c1-2-32-25(31)17-9-11-28(12-10-17)23-19(14-18-6-3-4-8-21(18)27-23)15-22-24(30)29(26(34)35-22)16-20-7-5-13-33-20/h3-4,6,8,14-15,17,20H,2,5,7,9-13,16H2,1H3/b22-15-. The molecule has 9 heteroatoms. The third kappa shape index (κ3) is 5.22. The van der Waals surface area contributed by atoms with Gasteiger partial charge in [-0.25, -0.2) is 4.98 Å². The highest BCUT2D eigenvalue weighted by molar-refractivity contribution is 8.26. The highest BCUT2D eigenvalue weighted by atomic mass is 32.2. The van der Waals surface area contributed by atoms with Crippen LogP contribution in [-0.2, 0) is 19.1 Å². The highest BCUT2D eigenvalue weighted by Gasteiger charge is 2.35. The predicted molar refractivity (Wildman–Crippen MR) is 142 cm³/mol. The SMILES string of the molecule is CCOC(=O)C1CCN(c2nc3ccccc3cc2/C=C2\SC(=S)N(CC3CCCO3)C2=O)CC1. The van der Waals surface area contributed by atoms with Crippen molar-refractivity contribution in [2.75, 3.05) is 37.7 Å². The maximum Gasteiger partial charge on any atom is 0.309 e. The van der Waals surface area contributed by atoms with Crippen LogP contribution in [0.1, 0.15) is 38.2 Å². The van der Waals surface area contributed by atoms with Gasteiger partial charge in [-0.2, -0.15) is 0 Å². The largest absolute Gasteiger partial charge is 0.466 e. The summed E-state index contributed by atoms with van der Waals surface area (Å²) >= 11 is 6.88. The molecule has 4 heterocycles. The van der Waals surface area contributed by atoms with Crippen molar-refractivity contribution in [2.45, 2.75) is 38.7 Å². The van der Waals surface area contributed by atoms with E-state index in [0.29, 0.717) is 35.5 Å². The van der Waals surface area contributed by atoms with Crippen molar-refractivity contribution in [3.05, 3.63) is 40.8 Å². The van der Waals surface area contributed by atoms with Gasteiger partial charge in [0.1, 0.15) is 10.1 Å². The molecule has 1 unspecified atom stereocenters. The van der Waals surface area contributed by atoms with E-state index in [-0.39, 0.29) is 23.9 Å². The van der Waals surface area contributed by atoms with E-state index in [1.54, 1.807) is 4.90 Å². The normalized spacial score (nSPS) is 22.5. The van der Waals surface area contributed by atoms with Crippen LogP contribution >= 0.6 is 24.0 Å². The number of aromatic nitrogens is 1. The zero-order valence-electron chi connectivity index (χ0n) is 19.8. The number of piperidine rings is 1. The van der Waals surface area contributed by atoms with E-state index in [9.17, 15) is 9.59 Å². The molecule has 3 saturated heterocycles. The second-order valence-corrected chi connectivity index (χ2v) is 10.7. The summed E-state index contributed by atoms with van der Waals surface area (Å²) in [6.45, 7) is 4.90. The van der Waals surface area contributed by atoms with Gasteiger partial charge in [0, 0.05) is 30.6 Å². The lowest BCUT2D eigenvalue weighted by Crippen LogP contribution is -2.37. The average molecular weight is 512 g/mol. The van der Waals surface area contributed by atoms with E-state index in [2.05, 4.69) is 11.0 Å². The fraction of sp³-hybridized carbons (Fsp3) is 0.462. The summed E-state index contributed by atoms with van der Waals surface area (Å²) < 4.78 is 11.5. The van der Waals surface area contributed by atoms with Crippen molar-refractivity contribution >= 4 is 63.0 Å². The Bertz CT molecular complexity index is 1170. The Morgan fingerprint density at radius 1 is 1.29 bits per heavy atom. The van der Waals surface area contributed by atoms with Crippen LogP contribution in [0.5, 0.6) is 0 Å². The number of hydrogen-bond donors (Lipinski definition) is 0. The van der Waals surface area contributed by atoms with Crippen molar-refractivity contribution in [1.29, 1.82) is 0 Å². The molecule has 0 bridgehead atoms. The lowest BCUT2D eigenvalue weighted by atomic mass is 9.96. The number of fused-ring (bicyclic) bond motifs is 1. The van der Waals surface area contributed by atoms with Crippen molar-refractivity contribution in [1.82, 2.24) is 9.88 Å². The molecule has 1 aromatic heterocycles. The van der Waals surface area contributed by atoms with Crippen molar-refractivity contribution in [2.24, 2.45) is 5.92 Å². The van der Waals surface area contributed by atoms with Gasteiger partial charge in [0.2, 0.25) is 0 Å². The third-order valence-corrected chi connectivity index (χ3v) is 8.09. The molecule has 0 N–H and O–H groups in total. The first-order valence-corrected chi connectivity index (χ1v) is 13.4. The van der Waals surface area contributed by atoms with Gasteiger partial charge in [0.25, 0.3) is 5.91 Å². The number of thiocarbonyl (C=S) groups is 1. The molecule has 35 heavy (non-hydrogen) atoms. The summed E-state index contributed by atoms with van der Waals surface area (Å²) in [6.07, 6.45) is 5.38. The van der Waals surface area contributed by atoms with Gasteiger partial charge in [-0.15, -0.1) is 0 Å². The topological polar surface area (TPSA) is 72.0 Å². The second kappa shape index (κ2) is 10.6. The molecule has 0 radical (unpaired) electrons. The minimum absolute atomic E-state index is 0.0513. The molecule has 2 aromatic rings. The number of pyridine rings is 1. The molecule has 5 rings (SSSR count). The summed E-state index contributed by atoms with van der Waals surface area (Å²) in [6, 6.07) is 10.1. The first-order valence-electron chi connectivity index (χ1n) is 12.2. The number of carbonyl (C=O) groups excluding carboxylic acids is 2. The predicted octanol–water partition coefficient (Wildman–Crippen LogP) is 4.39. The van der Waals surface area contributed by atoms with Crippen molar-refractivity contribution < 1.29 is 19.1 Å². The van der Waals surface area contributed by atoms with Crippen molar-refractivity contribution in [3.63, 3.8) is 0 Å². The van der Waals surface area contributed by atoms with E-state index >= 15 is 0 Å². The molecule has 3 aliphatic heterocycles. The quantitative estimate of drug-likeness (QED) is 0.321. The molecule has 0 saturated carbocycles.